The average Bonchev–Trinajstić information content (AvgIpc) is 2.53. The van der Waals surface area contributed by atoms with E-state index in [4.69, 9.17) is 25.8 Å². The van der Waals surface area contributed by atoms with Crippen LogP contribution in [0.4, 0.5) is 4.39 Å². The van der Waals surface area contributed by atoms with E-state index in [1.165, 1.54) is 18.2 Å². The van der Waals surface area contributed by atoms with Crippen LogP contribution < -0.4 is 9.47 Å². The van der Waals surface area contributed by atoms with Crippen LogP contribution >= 0.6 is 11.6 Å². The SMILES string of the molecule is O=C(OCc1c(F)cccc1Cl)c1ccc2c(c1)OCCO2. The smallest absolute Gasteiger partial charge is 0.338 e. The van der Waals surface area contributed by atoms with Gasteiger partial charge in [-0.25, -0.2) is 9.18 Å². The number of esters is 1. The second-order valence-corrected chi connectivity index (χ2v) is 5.04. The molecule has 22 heavy (non-hydrogen) atoms. The normalized spacial score (nSPS) is 12.8. The van der Waals surface area contributed by atoms with Crippen molar-refractivity contribution in [2.24, 2.45) is 0 Å². The summed E-state index contributed by atoms with van der Waals surface area (Å²) in [6.07, 6.45) is 0. The van der Waals surface area contributed by atoms with Gasteiger partial charge in [0, 0.05) is 5.56 Å². The third-order valence-electron chi connectivity index (χ3n) is 3.19. The maximum Gasteiger partial charge on any atom is 0.338 e. The minimum atomic E-state index is -0.587. The number of hydrogen-bond donors (Lipinski definition) is 0. The molecular formula is C16H12ClFO4. The van der Waals surface area contributed by atoms with Crippen LogP contribution in [0, 0.1) is 5.82 Å². The van der Waals surface area contributed by atoms with Crippen molar-refractivity contribution >= 4 is 17.6 Å². The quantitative estimate of drug-likeness (QED) is 0.810. The highest BCUT2D eigenvalue weighted by molar-refractivity contribution is 6.31. The van der Waals surface area contributed by atoms with Crippen LogP contribution in [0.25, 0.3) is 0 Å². The van der Waals surface area contributed by atoms with Gasteiger partial charge in [-0.05, 0) is 30.3 Å². The summed E-state index contributed by atoms with van der Waals surface area (Å²) < 4.78 is 29.5. The summed E-state index contributed by atoms with van der Waals surface area (Å²) in [4.78, 5) is 12.0. The van der Waals surface area contributed by atoms with E-state index in [-0.39, 0.29) is 17.2 Å². The zero-order chi connectivity index (χ0) is 15.5. The van der Waals surface area contributed by atoms with E-state index in [0.29, 0.717) is 30.3 Å². The number of fused-ring (bicyclic) bond motifs is 1. The Hall–Kier alpha value is -2.27. The largest absolute Gasteiger partial charge is 0.486 e. The molecule has 6 heteroatoms. The van der Waals surface area contributed by atoms with Gasteiger partial charge in [0.05, 0.1) is 10.6 Å². The fourth-order valence-electron chi connectivity index (χ4n) is 2.06. The first-order valence-corrected chi connectivity index (χ1v) is 7.02. The molecule has 0 fully saturated rings. The van der Waals surface area contributed by atoms with Crippen LogP contribution in [0.2, 0.25) is 5.02 Å². The van der Waals surface area contributed by atoms with E-state index in [1.54, 1.807) is 18.2 Å². The summed E-state index contributed by atoms with van der Waals surface area (Å²) in [5, 5.41) is 0.218. The van der Waals surface area contributed by atoms with Crippen molar-refractivity contribution in [3.63, 3.8) is 0 Å². The summed E-state index contributed by atoms with van der Waals surface area (Å²) in [7, 11) is 0. The number of rotatable bonds is 3. The predicted octanol–water partition coefficient (Wildman–Crippen LogP) is 3.61. The van der Waals surface area contributed by atoms with E-state index in [9.17, 15) is 9.18 Å². The molecule has 0 atom stereocenters. The lowest BCUT2D eigenvalue weighted by molar-refractivity contribution is 0.0468. The molecule has 2 aromatic rings. The van der Waals surface area contributed by atoms with E-state index < -0.39 is 11.8 Å². The van der Waals surface area contributed by atoms with Gasteiger partial charge in [0.1, 0.15) is 25.6 Å². The fraction of sp³-hybridized carbons (Fsp3) is 0.188. The monoisotopic (exact) mass is 322 g/mol. The van der Waals surface area contributed by atoms with Gasteiger partial charge in [0.15, 0.2) is 11.5 Å². The zero-order valence-corrected chi connectivity index (χ0v) is 12.2. The Bertz CT molecular complexity index is 697. The molecular weight excluding hydrogens is 311 g/mol. The minimum Gasteiger partial charge on any atom is -0.486 e. The zero-order valence-electron chi connectivity index (χ0n) is 11.5. The minimum absolute atomic E-state index is 0.148. The Balaban J connectivity index is 1.72. The van der Waals surface area contributed by atoms with Crippen LogP contribution in [0.1, 0.15) is 15.9 Å². The molecule has 114 valence electrons. The molecule has 2 aromatic carbocycles. The number of halogens is 2. The number of hydrogen-bond acceptors (Lipinski definition) is 4. The van der Waals surface area contributed by atoms with E-state index in [2.05, 4.69) is 0 Å². The summed E-state index contributed by atoms with van der Waals surface area (Å²) >= 11 is 5.89. The van der Waals surface area contributed by atoms with Crippen molar-refractivity contribution in [1.82, 2.24) is 0 Å². The summed E-state index contributed by atoms with van der Waals surface area (Å²) in [6.45, 7) is 0.664. The average molecular weight is 323 g/mol. The van der Waals surface area contributed by atoms with Gasteiger partial charge < -0.3 is 14.2 Å². The third kappa shape index (κ3) is 2.99. The standard InChI is InChI=1S/C16H12ClFO4/c17-12-2-1-3-13(18)11(12)9-22-16(19)10-4-5-14-15(8-10)21-7-6-20-14/h1-5,8H,6-7,9H2. The molecule has 0 aromatic heterocycles. The Morgan fingerprint density at radius 1 is 1.18 bits per heavy atom. The molecule has 0 saturated heterocycles. The fourth-order valence-corrected chi connectivity index (χ4v) is 2.28. The summed E-state index contributed by atoms with van der Waals surface area (Å²) in [6, 6.07) is 9.04. The molecule has 0 aliphatic carbocycles. The second-order valence-electron chi connectivity index (χ2n) is 4.63. The van der Waals surface area contributed by atoms with Crippen LogP contribution in [0.3, 0.4) is 0 Å². The highest BCUT2D eigenvalue weighted by Crippen LogP contribution is 2.31. The number of carbonyl (C=O) groups is 1. The van der Waals surface area contributed by atoms with Gasteiger partial charge in [-0.15, -0.1) is 0 Å². The lowest BCUT2D eigenvalue weighted by Gasteiger charge is -2.18. The molecule has 0 radical (unpaired) electrons. The molecule has 1 heterocycles. The summed E-state index contributed by atoms with van der Waals surface area (Å²) in [5.74, 6) is -0.0247. The highest BCUT2D eigenvalue weighted by atomic mass is 35.5. The first-order valence-electron chi connectivity index (χ1n) is 6.65. The van der Waals surface area contributed by atoms with Gasteiger partial charge in [-0.1, -0.05) is 17.7 Å². The van der Waals surface area contributed by atoms with Crippen LogP contribution in [-0.2, 0) is 11.3 Å². The first kappa shape index (κ1) is 14.7. The third-order valence-corrected chi connectivity index (χ3v) is 3.54. The van der Waals surface area contributed by atoms with Gasteiger partial charge in [0.25, 0.3) is 0 Å². The molecule has 0 saturated carbocycles. The predicted molar refractivity (Wildman–Crippen MR) is 78.0 cm³/mol. The van der Waals surface area contributed by atoms with Gasteiger partial charge in [-0.2, -0.15) is 0 Å². The molecule has 0 bridgehead atoms. The van der Waals surface area contributed by atoms with Crippen molar-refractivity contribution < 1.29 is 23.4 Å². The molecule has 3 rings (SSSR count). The van der Waals surface area contributed by atoms with Crippen molar-refractivity contribution in [2.75, 3.05) is 13.2 Å². The molecule has 0 amide bonds. The number of benzene rings is 2. The Morgan fingerprint density at radius 3 is 2.73 bits per heavy atom. The van der Waals surface area contributed by atoms with Crippen LogP contribution in [-0.4, -0.2) is 19.2 Å². The van der Waals surface area contributed by atoms with Crippen molar-refractivity contribution in [2.45, 2.75) is 6.61 Å². The number of ether oxygens (including phenoxy) is 3. The maximum atomic E-state index is 13.6. The van der Waals surface area contributed by atoms with Gasteiger partial charge in [0.2, 0.25) is 0 Å². The molecule has 1 aliphatic heterocycles. The Labute approximate surface area is 131 Å². The summed E-state index contributed by atoms with van der Waals surface area (Å²) in [5.41, 5.74) is 0.451. The van der Waals surface area contributed by atoms with Crippen molar-refractivity contribution in [3.05, 3.63) is 58.4 Å². The van der Waals surface area contributed by atoms with Gasteiger partial charge in [-0.3, -0.25) is 0 Å². The van der Waals surface area contributed by atoms with E-state index in [1.807, 2.05) is 0 Å². The molecule has 0 N–H and O–H groups in total. The Morgan fingerprint density at radius 2 is 1.95 bits per heavy atom. The first-order chi connectivity index (χ1) is 10.6. The maximum absolute atomic E-state index is 13.6. The van der Waals surface area contributed by atoms with E-state index in [0.717, 1.165) is 0 Å². The second kappa shape index (κ2) is 6.23. The van der Waals surface area contributed by atoms with Crippen LogP contribution in [0.5, 0.6) is 11.5 Å². The van der Waals surface area contributed by atoms with E-state index >= 15 is 0 Å². The topological polar surface area (TPSA) is 44.8 Å². The number of carbonyl (C=O) groups excluding carboxylic acids is 1. The molecule has 1 aliphatic rings. The molecule has 0 unspecified atom stereocenters. The molecule has 0 spiro atoms. The highest BCUT2D eigenvalue weighted by Gasteiger charge is 2.17. The lowest BCUT2D eigenvalue weighted by Crippen LogP contribution is -2.16. The van der Waals surface area contributed by atoms with Gasteiger partial charge >= 0.3 is 5.97 Å². The van der Waals surface area contributed by atoms with Crippen LogP contribution in [0.15, 0.2) is 36.4 Å². The molecule has 4 nitrogen and oxygen atoms in total. The van der Waals surface area contributed by atoms with Crippen molar-refractivity contribution in [1.29, 1.82) is 0 Å². The van der Waals surface area contributed by atoms with Crippen molar-refractivity contribution in [3.8, 4) is 11.5 Å². The lowest BCUT2D eigenvalue weighted by atomic mass is 10.2. The Kier molecular flexibility index (Phi) is 4.15.